The number of hydrogen-bond acceptors (Lipinski definition) is 5. The van der Waals surface area contributed by atoms with Crippen molar-refractivity contribution in [2.75, 3.05) is 17.7 Å². The van der Waals surface area contributed by atoms with Crippen molar-refractivity contribution >= 4 is 34.8 Å². The van der Waals surface area contributed by atoms with Crippen LogP contribution in [-0.4, -0.2) is 23.0 Å². The number of benzene rings is 2. The highest BCUT2D eigenvalue weighted by atomic mass is 35.5. The van der Waals surface area contributed by atoms with Gasteiger partial charge in [0.25, 0.3) is 5.91 Å². The van der Waals surface area contributed by atoms with E-state index in [2.05, 4.69) is 33.6 Å². The zero-order valence-corrected chi connectivity index (χ0v) is 16.7. The molecule has 28 heavy (non-hydrogen) atoms. The minimum absolute atomic E-state index is 0.327. The molecule has 144 valence electrons. The van der Waals surface area contributed by atoms with Crippen LogP contribution >= 0.6 is 11.6 Å². The molecule has 0 saturated heterocycles. The summed E-state index contributed by atoms with van der Waals surface area (Å²) in [5.74, 6) is 0.599. The van der Waals surface area contributed by atoms with Crippen LogP contribution in [0.2, 0.25) is 5.02 Å². The second kappa shape index (κ2) is 8.71. The number of anilines is 3. The monoisotopic (exact) mass is 396 g/mol. The fourth-order valence-electron chi connectivity index (χ4n) is 2.80. The minimum Gasteiger partial charge on any atom is -0.495 e. The van der Waals surface area contributed by atoms with Crippen LogP contribution in [0.3, 0.4) is 0 Å². The number of nitrogens with one attached hydrogen (secondary N) is 2. The standard InChI is InChI=1S/C21H21ClN4O2/c1-4-14-7-5-6-13(2)19(14)26-21-23-11-15(12-24-21)20(27)25-17-10-16(22)8-9-18(17)28-3/h5-12H,4H2,1-3H3,(H,25,27)(H,23,24,26). The maximum Gasteiger partial charge on any atom is 0.258 e. The second-order valence-corrected chi connectivity index (χ2v) is 6.62. The van der Waals surface area contributed by atoms with Crippen molar-refractivity contribution in [1.82, 2.24) is 9.97 Å². The highest BCUT2D eigenvalue weighted by Gasteiger charge is 2.12. The molecule has 1 heterocycles. The van der Waals surface area contributed by atoms with Crippen LogP contribution in [0.4, 0.5) is 17.3 Å². The number of aromatic nitrogens is 2. The molecule has 0 bridgehead atoms. The molecule has 7 heteroatoms. The lowest BCUT2D eigenvalue weighted by molar-refractivity contribution is 0.102. The van der Waals surface area contributed by atoms with Crippen molar-refractivity contribution in [3.8, 4) is 5.75 Å². The number of halogens is 1. The summed E-state index contributed by atoms with van der Waals surface area (Å²) in [6, 6.07) is 11.1. The topological polar surface area (TPSA) is 76.1 Å². The molecular formula is C21H21ClN4O2. The summed E-state index contributed by atoms with van der Waals surface area (Å²) in [4.78, 5) is 21.1. The van der Waals surface area contributed by atoms with Gasteiger partial charge in [0.05, 0.1) is 18.4 Å². The molecule has 1 amide bonds. The van der Waals surface area contributed by atoms with Crippen LogP contribution in [0.15, 0.2) is 48.8 Å². The van der Waals surface area contributed by atoms with Gasteiger partial charge in [0.1, 0.15) is 5.75 Å². The van der Waals surface area contributed by atoms with Gasteiger partial charge >= 0.3 is 0 Å². The van der Waals surface area contributed by atoms with Gasteiger partial charge in [-0.1, -0.05) is 36.7 Å². The Bertz CT molecular complexity index is 990. The third kappa shape index (κ3) is 4.40. The van der Waals surface area contributed by atoms with Crippen LogP contribution in [0.5, 0.6) is 5.75 Å². The Labute approximate surface area is 168 Å². The van der Waals surface area contributed by atoms with E-state index in [1.807, 2.05) is 19.1 Å². The molecule has 1 aromatic heterocycles. The summed E-state index contributed by atoms with van der Waals surface area (Å²) in [6.07, 6.45) is 3.85. The van der Waals surface area contributed by atoms with E-state index >= 15 is 0 Å². The van der Waals surface area contributed by atoms with E-state index in [-0.39, 0.29) is 5.91 Å². The first-order valence-corrected chi connectivity index (χ1v) is 9.22. The van der Waals surface area contributed by atoms with Crippen molar-refractivity contribution < 1.29 is 9.53 Å². The van der Waals surface area contributed by atoms with E-state index in [1.54, 1.807) is 18.2 Å². The molecule has 0 fully saturated rings. The average Bonchev–Trinajstić information content (AvgIpc) is 2.70. The molecule has 2 aromatic carbocycles. The Morgan fingerprint density at radius 3 is 2.61 bits per heavy atom. The number of amides is 1. The van der Waals surface area contributed by atoms with Gasteiger partial charge in [-0.25, -0.2) is 9.97 Å². The molecule has 6 nitrogen and oxygen atoms in total. The highest BCUT2D eigenvalue weighted by molar-refractivity contribution is 6.31. The highest BCUT2D eigenvalue weighted by Crippen LogP contribution is 2.28. The maximum atomic E-state index is 12.5. The lowest BCUT2D eigenvalue weighted by atomic mass is 10.1. The normalized spacial score (nSPS) is 10.4. The lowest BCUT2D eigenvalue weighted by Crippen LogP contribution is -2.14. The zero-order chi connectivity index (χ0) is 20.1. The Balaban J connectivity index is 1.76. The number of nitrogens with zero attached hydrogens (tertiary/aromatic N) is 2. The van der Waals surface area contributed by atoms with Gasteiger partial charge in [0, 0.05) is 23.1 Å². The Morgan fingerprint density at radius 1 is 1.18 bits per heavy atom. The number of carbonyl (C=O) groups is 1. The number of ether oxygens (including phenoxy) is 1. The Morgan fingerprint density at radius 2 is 1.93 bits per heavy atom. The summed E-state index contributed by atoms with van der Waals surface area (Å²) >= 11 is 6.00. The van der Waals surface area contributed by atoms with Gasteiger partial charge in [-0.2, -0.15) is 0 Å². The molecule has 3 rings (SSSR count). The molecule has 0 aliphatic carbocycles. The fourth-order valence-corrected chi connectivity index (χ4v) is 2.97. The van der Waals surface area contributed by atoms with Crippen molar-refractivity contribution in [3.05, 3.63) is 70.5 Å². The van der Waals surface area contributed by atoms with Gasteiger partial charge in [0.2, 0.25) is 5.95 Å². The van der Waals surface area contributed by atoms with Crippen LogP contribution in [0, 0.1) is 6.92 Å². The van der Waals surface area contributed by atoms with Gasteiger partial charge in [-0.05, 0) is 42.7 Å². The van der Waals surface area contributed by atoms with Gasteiger partial charge < -0.3 is 15.4 Å². The summed E-state index contributed by atoms with van der Waals surface area (Å²) in [5, 5.41) is 6.51. The minimum atomic E-state index is -0.350. The van der Waals surface area contributed by atoms with Crippen LogP contribution in [0.1, 0.15) is 28.4 Å². The van der Waals surface area contributed by atoms with Gasteiger partial charge in [-0.3, -0.25) is 4.79 Å². The molecule has 0 unspecified atom stereocenters. The van der Waals surface area contributed by atoms with Crippen molar-refractivity contribution in [2.24, 2.45) is 0 Å². The third-order valence-corrected chi connectivity index (χ3v) is 4.54. The number of aryl methyl sites for hydroxylation is 2. The van der Waals surface area contributed by atoms with Gasteiger partial charge in [-0.15, -0.1) is 0 Å². The second-order valence-electron chi connectivity index (χ2n) is 6.18. The molecule has 0 spiro atoms. The fraction of sp³-hybridized carbons (Fsp3) is 0.190. The van der Waals surface area contributed by atoms with E-state index in [0.29, 0.717) is 28.0 Å². The smallest absolute Gasteiger partial charge is 0.258 e. The number of para-hydroxylation sites is 1. The third-order valence-electron chi connectivity index (χ3n) is 4.30. The van der Waals surface area contributed by atoms with Crippen molar-refractivity contribution in [3.63, 3.8) is 0 Å². The van der Waals surface area contributed by atoms with Crippen molar-refractivity contribution in [1.29, 1.82) is 0 Å². The van der Waals surface area contributed by atoms with E-state index in [9.17, 15) is 4.79 Å². The molecule has 0 aliphatic rings. The molecule has 0 atom stereocenters. The van der Waals surface area contributed by atoms with E-state index in [4.69, 9.17) is 16.3 Å². The first kappa shape index (κ1) is 19.6. The zero-order valence-electron chi connectivity index (χ0n) is 15.9. The van der Waals surface area contributed by atoms with Crippen molar-refractivity contribution in [2.45, 2.75) is 20.3 Å². The van der Waals surface area contributed by atoms with Crippen LogP contribution < -0.4 is 15.4 Å². The molecule has 0 saturated carbocycles. The molecule has 0 aliphatic heterocycles. The molecule has 0 radical (unpaired) electrons. The molecule has 3 aromatic rings. The van der Waals surface area contributed by atoms with E-state index < -0.39 is 0 Å². The van der Waals surface area contributed by atoms with E-state index in [1.165, 1.54) is 25.1 Å². The van der Waals surface area contributed by atoms with E-state index in [0.717, 1.165) is 17.7 Å². The summed E-state index contributed by atoms with van der Waals surface area (Å²) in [6.45, 7) is 4.13. The lowest BCUT2D eigenvalue weighted by Gasteiger charge is -2.13. The number of methoxy groups -OCH3 is 1. The summed E-state index contributed by atoms with van der Waals surface area (Å²) in [5.41, 5.74) is 4.09. The number of hydrogen-bond donors (Lipinski definition) is 2. The first-order chi connectivity index (χ1) is 13.5. The number of carbonyl (C=O) groups excluding carboxylic acids is 1. The SMILES string of the molecule is CCc1cccc(C)c1Nc1ncc(C(=O)Nc2cc(Cl)ccc2OC)cn1. The van der Waals surface area contributed by atoms with Crippen LogP contribution in [-0.2, 0) is 6.42 Å². The Hall–Kier alpha value is -3.12. The Kier molecular flexibility index (Phi) is 6.11. The van der Waals surface area contributed by atoms with Gasteiger partial charge in [0.15, 0.2) is 0 Å². The molecule has 2 N–H and O–H groups in total. The largest absolute Gasteiger partial charge is 0.495 e. The van der Waals surface area contributed by atoms with Crippen LogP contribution in [0.25, 0.3) is 0 Å². The maximum absolute atomic E-state index is 12.5. The average molecular weight is 397 g/mol. The predicted octanol–water partition coefficient (Wildman–Crippen LogP) is 5.01. The predicted molar refractivity (Wildman–Crippen MR) is 112 cm³/mol. The summed E-state index contributed by atoms with van der Waals surface area (Å²) in [7, 11) is 1.53. The summed E-state index contributed by atoms with van der Waals surface area (Å²) < 4.78 is 5.24. The first-order valence-electron chi connectivity index (χ1n) is 8.84. The quantitative estimate of drug-likeness (QED) is 0.612. The molecular weight excluding hydrogens is 376 g/mol. The number of rotatable bonds is 6.